The number of hydrogen-bond acceptors (Lipinski definition) is 5. The van der Waals surface area contributed by atoms with Crippen molar-refractivity contribution in [3.8, 4) is 0 Å². The summed E-state index contributed by atoms with van der Waals surface area (Å²) in [6, 6.07) is 11.9. The molecule has 6 nitrogen and oxygen atoms in total. The van der Waals surface area contributed by atoms with Crippen LogP contribution in [0.4, 0.5) is 8.78 Å². The average molecular weight is 558 g/mol. The van der Waals surface area contributed by atoms with Gasteiger partial charge in [0.15, 0.2) is 0 Å². The highest BCUT2D eigenvalue weighted by molar-refractivity contribution is 6.31. The second-order valence-corrected chi connectivity index (χ2v) is 11.0. The van der Waals surface area contributed by atoms with Crippen molar-refractivity contribution in [2.24, 2.45) is 0 Å². The van der Waals surface area contributed by atoms with E-state index in [2.05, 4.69) is 34.7 Å². The van der Waals surface area contributed by atoms with Gasteiger partial charge in [-0.2, -0.15) is 0 Å². The first-order valence-corrected chi connectivity index (χ1v) is 13.5. The minimum atomic E-state index is -1.06. The van der Waals surface area contributed by atoms with Crippen molar-refractivity contribution in [3.05, 3.63) is 98.8 Å². The molecule has 0 saturated carbocycles. The normalized spacial score (nSPS) is 15.9. The van der Waals surface area contributed by atoms with Gasteiger partial charge < -0.3 is 20.5 Å². The largest absolute Gasteiger partial charge is 0.390 e. The first-order chi connectivity index (χ1) is 18.5. The van der Waals surface area contributed by atoms with E-state index in [1.165, 1.54) is 23.8 Å². The summed E-state index contributed by atoms with van der Waals surface area (Å²) in [5.74, 6) is -2.00. The maximum atomic E-state index is 13.9. The summed E-state index contributed by atoms with van der Waals surface area (Å²) < 4.78 is 33.6. The second-order valence-electron chi connectivity index (χ2n) is 10.6. The number of carbonyl (C=O) groups excluding carboxylic acids is 1. The Balaban J connectivity index is 1.51. The van der Waals surface area contributed by atoms with Crippen molar-refractivity contribution in [2.45, 2.75) is 70.9 Å². The van der Waals surface area contributed by atoms with Crippen LogP contribution in [0, 0.1) is 11.6 Å². The summed E-state index contributed by atoms with van der Waals surface area (Å²) in [6.07, 6.45) is 0.352. The fourth-order valence-electron chi connectivity index (χ4n) is 4.70. The average Bonchev–Trinajstić information content (AvgIpc) is 2.86. The van der Waals surface area contributed by atoms with E-state index < -0.39 is 35.3 Å². The van der Waals surface area contributed by atoms with Crippen LogP contribution in [0.5, 0.6) is 0 Å². The first kappa shape index (κ1) is 29.1. The van der Waals surface area contributed by atoms with Gasteiger partial charge in [0, 0.05) is 31.1 Å². The molecule has 0 saturated heterocycles. The number of amides is 1. The smallest absolute Gasteiger partial charge is 0.270 e. The molecule has 0 aliphatic carbocycles. The number of aromatic nitrogens is 1. The van der Waals surface area contributed by atoms with E-state index in [9.17, 15) is 18.7 Å². The zero-order chi connectivity index (χ0) is 28.2. The number of nitrogens with zero attached hydrogens (tertiary/aromatic N) is 1. The van der Waals surface area contributed by atoms with Gasteiger partial charge in [-0.15, -0.1) is 0 Å². The lowest BCUT2D eigenvalue weighted by molar-refractivity contribution is -0.0413. The number of carbonyl (C=O) groups is 1. The van der Waals surface area contributed by atoms with Crippen molar-refractivity contribution in [1.82, 2.24) is 15.6 Å². The number of aryl methyl sites for hydroxylation is 1. The zero-order valence-electron chi connectivity index (χ0n) is 22.4. The Morgan fingerprint density at radius 3 is 2.56 bits per heavy atom. The maximum Gasteiger partial charge on any atom is 0.270 e. The highest BCUT2D eigenvalue weighted by atomic mass is 35.5. The molecular weight excluding hydrogens is 524 g/mol. The number of nitrogens with one attached hydrogen (secondary N) is 2. The summed E-state index contributed by atoms with van der Waals surface area (Å²) in [5.41, 5.74) is 3.67. The summed E-state index contributed by atoms with van der Waals surface area (Å²) in [7, 11) is 0. The van der Waals surface area contributed by atoms with E-state index in [1.54, 1.807) is 0 Å². The topological polar surface area (TPSA) is 83.5 Å². The van der Waals surface area contributed by atoms with E-state index in [1.807, 2.05) is 26.0 Å². The number of hydrogen-bond donors (Lipinski definition) is 3. The quantitative estimate of drug-likeness (QED) is 0.330. The van der Waals surface area contributed by atoms with Crippen LogP contribution in [-0.4, -0.2) is 40.3 Å². The molecule has 1 aromatic heterocycles. The number of ether oxygens (including phenoxy) is 1. The molecular formula is C30H34ClF2N3O3. The fraction of sp³-hybridized carbons (Fsp3) is 0.400. The molecule has 3 N–H and O–H groups in total. The molecule has 208 valence electrons. The Hall–Kier alpha value is -2.91. The molecule has 0 bridgehead atoms. The van der Waals surface area contributed by atoms with Gasteiger partial charge in [0.25, 0.3) is 5.91 Å². The maximum absolute atomic E-state index is 13.9. The van der Waals surface area contributed by atoms with Crippen LogP contribution >= 0.6 is 11.6 Å². The molecule has 0 unspecified atom stereocenters. The molecule has 1 aliphatic rings. The summed E-state index contributed by atoms with van der Waals surface area (Å²) in [4.78, 5) is 17.8. The molecule has 1 amide bonds. The number of aliphatic hydroxyl groups is 1. The van der Waals surface area contributed by atoms with Crippen LogP contribution in [0.25, 0.3) is 0 Å². The molecule has 0 spiro atoms. The van der Waals surface area contributed by atoms with Gasteiger partial charge in [-0.25, -0.2) is 13.8 Å². The van der Waals surface area contributed by atoms with Crippen LogP contribution in [0.2, 0.25) is 5.02 Å². The Morgan fingerprint density at radius 2 is 1.85 bits per heavy atom. The van der Waals surface area contributed by atoms with Gasteiger partial charge in [-0.05, 0) is 61.6 Å². The lowest BCUT2D eigenvalue weighted by atomic mass is 9.95. The van der Waals surface area contributed by atoms with E-state index in [0.29, 0.717) is 35.9 Å². The van der Waals surface area contributed by atoms with Crippen molar-refractivity contribution in [3.63, 3.8) is 0 Å². The number of pyridine rings is 1. The monoisotopic (exact) mass is 557 g/mol. The fourth-order valence-corrected chi connectivity index (χ4v) is 4.97. The Labute approximate surface area is 232 Å². The minimum Gasteiger partial charge on any atom is -0.390 e. The molecule has 1 aliphatic heterocycles. The standard InChI is InChI=1S/C30H34ClF2N3O3/c1-4-18-6-5-7-19(8-18)15-34-16-28(37)25(11-20-9-21(32)12-22(33)10-20)36-29(38)26-13-24(31)23-17-39-30(2,3)14-27(23)35-26/h5-10,12-13,25,28,34,37H,4,11,14-17H2,1-3H3,(H,36,38)/t25-,28+/m0/s1. The van der Waals surface area contributed by atoms with Crippen molar-refractivity contribution in [2.75, 3.05) is 6.54 Å². The third-order valence-corrected chi connectivity index (χ3v) is 7.17. The molecule has 4 rings (SSSR count). The van der Waals surface area contributed by atoms with Crippen molar-refractivity contribution in [1.29, 1.82) is 0 Å². The van der Waals surface area contributed by atoms with Crippen molar-refractivity contribution >= 4 is 17.5 Å². The minimum absolute atomic E-state index is 0.00807. The zero-order valence-corrected chi connectivity index (χ0v) is 23.1. The molecule has 0 radical (unpaired) electrons. The van der Waals surface area contributed by atoms with E-state index in [4.69, 9.17) is 16.3 Å². The number of benzene rings is 2. The van der Waals surface area contributed by atoms with Crippen LogP contribution in [0.1, 0.15) is 59.2 Å². The van der Waals surface area contributed by atoms with Gasteiger partial charge in [0.1, 0.15) is 17.3 Å². The summed E-state index contributed by atoms with van der Waals surface area (Å²) in [6.45, 7) is 6.92. The van der Waals surface area contributed by atoms with Gasteiger partial charge in [-0.1, -0.05) is 42.8 Å². The highest BCUT2D eigenvalue weighted by Crippen LogP contribution is 2.31. The summed E-state index contributed by atoms with van der Waals surface area (Å²) in [5, 5.41) is 17.5. The SMILES string of the molecule is CCc1cccc(CNC[C@@H](O)[C@H](Cc2cc(F)cc(F)c2)NC(=O)c2cc(Cl)c3c(n2)CC(C)(C)OC3)c1. The predicted octanol–water partition coefficient (Wildman–Crippen LogP) is 4.92. The lowest BCUT2D eigenvalue weighted by Gasteiger charge is -2.31. The Morgan fingerprint density at radius 1 is 1.13 bits per heavy atom. The first-order valence-electron chi connectivity index (χ1n) is 13.1. The van der Waals surface area contributed by atoms with Crippen LogP contribution in [0.15, 0.2) is 48.5 Å². The number of rotatable bonds is 10. The molecule has 2 atom stereocenters. The molecule has 9 heteroatoms. The molecule has 3 aromatic rings. The highest BCUT2D eigenvalue weighted by Gasteiger charge is 2.30. The predicted molar refractivity (Wildman–Crippen MR) is 147 cm³/mol. The van der Waals surface area contributed by atoms with Crippen molar-refractivity contribution < 1.29 is 23.4 Å². The number of aliphatic hydroxyl groups excluding tert-OH is 1. The third kappa shape index (κ3) is 7.82. The van der Waals surface area contributed by atoms with Crippen LogP contribution in [-0.2, 0) is 37.2 Å². The number of fused-ring (bicyclic) bond motifs is 1. The van der Waals surface area contributed by atoms with Gasteiger partial charge in [0.2, 0.25) is 0 Å². The van der Waals surface area contributed by atoms with E-state index in [0.717, 1.165) is 23.6 Å². The Kier molecular flexibility index (Phi) is 9.33. The van der Waals surface area contributed by atoms with Crippen LogP contribution < -0.4 is 10.6 Å². The van der Waals surface area contributed by atoms with Gasteiger partial charge in [0.05, 0.1) is 35.1 Å². The molecule has 2 aromatic carbocycles. The second kappa shape index (κ2) is 12.5. The molecule has 39 heavy (non-hydrogen) atoms. The van der Waals surface area contributed by atoms with E-state index in [-0.39, 0.29) is 18.7 Å². The number of halogens is 3. The summed E-state index contributed by atoms with van der Waals surface area (Å²) >= 11 is 6.45. The van der Waals surface area contributed by atoms with Gasteiger partial charge >= 0.3 is 0 Å². The third-order valence-electron chi connectivity index (χ3n) is 6.83. The Bertz CT molecular complexity index is 1310. The molecule has 2 heterocycles. The van der Waals surface area contributed by atoms with Gasteiger partial charge in [-0.3, -0.25) is 4.79 Å². The molecule has 0 fully saturated rings. The lowest BCUT2D eigenvalue weighted by Crippen LogP contribution is -2.49. The van der Waals surface area contributed by atoms with Crippen LogP contribution in [0.3, 0.4) is 0 Å². The van der Waals surface area contributed by atoms with E-state index >= 15 is 0 Å².